The van der Waals surface area contributed by atoms with E-state index in [0.29, 0.717) is 10.7 Å². The number of likely N-dealkylation sites (N-methyl/N-ethyl adjacent to an activating group) is 1. The first kappa shape index (κ1) is 19.0. The first-order valence-corrected chi connectivity index (χ1v) is 8.48. The number of benzene rings is 2. The zero-order valence-corrected chi connectivity index (χ0v) is 15.4. The van der Waals surface area contributed by atoms with Crippen LogP contribution in [0.25, 0.3) is 0 Å². The van der Waals surface area contributed by atoms with E-state index in [1.807, 2.05) is 38.2 Å². The van der Waals surface area contributed by atoms with E-state index in [1.165, 1.54) is 0 Å². The molecular weight excluding hydrogens is 338 g/mol. The molecule has 0 bridgehead atoms. The number of quaternary nitrogens is 1. The fourth-order valence-corrected chi connectivity index (χ4v) is 2.48. The number of aryl methyl sites for hydroxylation is 1. The van der Waals surface area contributed by atoms with Gasteiger partial charge in [0.05, 0.1) is 7.05 Å². The van der Waals surface area contributed by atoms with Crippen LogP contribution in [0.3, 0.4) is 0 Å². The van der Waals surface area contributed by atoms with Crippen molar-refractivity contribution in [1.29, 1.82) is 0 Å². The van der Waals surface area contributed by atoms with Crippen molar-refractivity contribution in [1.82, 2.24) is 0 Å². The lowest BCUT2D eigenvalue weighted by molar-refractivity contribution is -0.885. The maximum Gasteiger partial charge on any atom is 0.282 e. The molecule has 0 saturated carbocycles. The summed E-state index contributed by atoms with van der Waals surface area (Å²) in [7, 11) is 1.82. The lowest BCUT2D eigenvalue weighted by atomic mass is 10.2. The molecular formula is C19H23ClN3O2+. The van der Waals surface area contributed by atoms with Gasteiger partial charge in [-0.1, -0.05) is 35.4 Å². The Labute approximate surface area is 153 Å². The predicted octanol–water partition coefficient (Wildman–Crippen LogP) is 2.13. The van der Waals surface area contributed by atoms with Crippen LogP contribution in [0.4, 0.5) is 11.4 Å². The summed E-state index contributed by atoms with van der Waals surface area (Å²) < 4.78 is 0. The van der Waals surface area contributed by atoms with Crippen molar-refractivity contribution in [2.24, 2.45) is 0 Å². The van der Waals surface area contributed by atoms with Crippen LogP contribution in [0.1, 0.15) is 12.5 Å². The Bertz CT molecular complexity index is 747. The standard InChI is InChI=1S/C19H22ClN3O2/c1-13-7-9-16(10-8-13)21-18(24)12-23(3)14(2)19(25)22-17-6-4-5-15(20)11-17/h4-11,14H,12H2,1-3H3,(H,21,24)(H,22,25)/p+1/t14-/m1/s1. The van der Waals surface area contributed by atoms with E-state index in [4.69, 9.17) is 11.6 Å². The van der Waals surface area contributed by atoms with E-state index < -0.39 is 0 Å². The molecule has 0 spiro atoms. The summed E-state index contributed by atoms with van der Waals surface area (Å²) in [6, 6.07) is 14.2. The number of anilines is 2. The van der Waals surface area contributed by atoms with Crippen LogP contribution in [0, 0.1) is 6.92 Å². The number of nitrogens with one attached hydrogen (secondary N) is 3. The van der Waals surface area contributed by atoms with Crippen LogP contribution in [0.5, 0.6) is 0 Å². The molecule has 132 valence electrons. The monoisotopic (exact) mass is 360 g/mol. The third-order valence-corrected chi connectivity index (χ3v) is 4.23. The van der Waals surface area contributed by atoms with Gasteiger partial charge < -0.3 is 15.5 Å². The molecule has 0 aliphatic carbocycles. The first-order chi connectivity index (χ1) is 11.8. The molecule has 6 heteroatoms. The van der Waals surface area contributed by atoms with Gasteiger partial charge in [-0.25, -0.2) is 0 Å². The van der Waals surface area contributed by atoms with Gasteiger partial charge >= 0.3 is 0 Å². The van der Waals surface area contributed by atoms with Gasteiger partial charge in [-0.15, -0.1) is 0 Å². The largest absolute Gasteiger partial charge is 0.321 e. The van der Waals surface area contributed by atoms with Crippen LogP contribution < -0.4 is 15.5 Å². The average molecular weight is 361 g/mol. The van der Waals surface area contributed by atoms with Crippen LogP contribution in [-0.2, 0) is 9.59 Å². The van der Waals surface area contributed by atoms with Gasteiger partial charge in [-0.3, -0.25) is 9.59 Å². The number of amides is 2. The summed E-state index contributed by atoms with van der Waals surface area (Å²) in [5.41, 5.74) is 2.52. The zero-order valence-electron chi connectivity index (χ0n) is 14.6. The van der Waals surface area contributed by atoms with E-state index >= 15 is 0 Å². The SMILES string of the molecule is Cc1ccc(NC(=O)C[NH+](C)[C@H](C)C(=O)Nc2cccc(Cl)c2)cc1. The van der Waals surface area contributed by atoms with E-state index in [9.17, 15) is 9.59 Å². The first-order valence-electron chi connectivity index (χ1n) is 8.10. The zero-order chi connectivity index (χ0) is 18.4. The minimum absolute atomic E-state index is 0.135. The molecule has 0 saturated heterocycles. The summed E-state index contributed by atoms with van der Waals surface area (Å²) in [5, 5.41) is 6.22. The van der Waals surface area contributed by atoms with E-state index in [-0.39, 0.29) is 24.4 Å². The quantitative estimate of drug-likeness (QED) is 0.739. The van der Waals surface area contributed by atoms with Crippen molar-refractivity contribution in [3.8, 4) is 0 Å². The Balaban J connectivity index is 1.88. The predicted molar refractivity (Wildman–Crippen MR) is 101 cm³/mol. The lowest BCUT2D eigenvalue weighted by Gasteiger charge is -2.20. The van der Waals surface area contributed by atoms with Crippen LogP contribution in [0.15, 0.2) is 48.5 Å². The molecule has 5 nitrogen and oxygen atoms in total. The fourth-order valence-electron chi connectivity index (χ4n) is 2.29. The number of halogens is 1. The highest BCUT2D eigenvalue weighted by molar-refractivity contribution is 6.30. The molecule has 0 aliphatic rings. The van der Waals surface area contributed by atoms with Gasteiger partial charge in [-0.2, -0.15) is 0 Å². The second kappa shape index (κ2) is 8.65. The van der Waals surface area contributed by atoms with E-state index in [2.05, 4.69) is 10.6 Å². The molecule has 0 aromatic heterocycles. The molecule has 1 unspecified atom stereocenters. The van der Waals surface area contributed by atoms with Crippen LogP contribution in [-0.4, -0.2) is 31.4 Å². The summed E-state index contributed by atoms with van der Waals surface area (Å²) >= 11 is 5.92. The smallest absolute Gasteiger partial charge is 0.282 e. The Morgan fingerprint density at radius 2 is 1.76 bits per heavy atom. The van der Waals surface area contributed by atoms with Crippen LogP contribution >= 0.6 is 11.6 Å². The Kier molecular flexibility index (Phi) is 6.56. The van der Waals surface area contributed by atoms with Gasteiger partial charge in [0.1, 0.15) is 0 Å². The lowest BCUT2D eigenvalue weighted by Crippen LogP contribution is -3.14. The molecule has 3 N–H and O–H groups in total. The van der Waals surface area contributed by atoms with Crippen LogP contribution in [0.2, 0.25) is 5.02 Å². The third kappa shape index (κ3) is 5.89. The molecule has 0 fully saturated rings. The maximum atomic E-state index is 12.3. The average Bonchev–Trinajstić information content (AvgIpc) is 2.56. The van der Waals surface area contributed by atoms with Gasteiger partial charge in [0.25, 0.3) is 11.8 Å². The number of hydrogen-bond donors (Lipinski definition) is 3. The highest BCUT2D eigenvalue weighted by Gasteiger charge is 2.24. The van der Waals surface area contributed by atoms with Crippen molar-refractivity contribution in [3.05, 3.63) is 59.1 Å². The number of hydrogen-bond acceptors (Lipinski definition) is 2. The van der Waals surface area contributed by atoms with Crippen molar-refractivity contribution in [3.63, 3.8) is 0 Å². The molecule has 2 amide bonds. The Morgan fingerprint density at radius 1 is 1.08 bits per heavy atom. The molecule has 25 heavy (non-hydrogen) atoms. The summed E-state index contributed by atoms with van der Waals surface area (Å²) in [4.78, 5) is 25.3. The Morgan fingerprint density at radius 3 is 2.40 bits per heavy atom. The second-order valence-electron chi connectivity index (χ2n) is 6.16. The molecule has 0 heterocycles. The second-order valence-corrected chi connectivity index (χ2v) is 6.60. The fraction of sp³-hybridized carbons (Fsp3) is 0.263. The van der Waals surface area contributed by atoms with Crippen molar-refractivity contribution in [2.75, 3.05) is 24.2 Å². The van der Waals surface area contributed by atoms with Gasteiger partial charge in [-0.05, 0) is 44.2 Å². The topological polar surface area (TPSA) is 62.6 Å². The summed E-state index contributed by atoms with van der Waals surface area (Å²) in [6.07, 6.45) is 0. The number of rotatable bonds is 6. The molecule has 2 aromatic carbocycles. The van der Waals surface area contributed by atoms with Crippen molar-refractivity contribution >= 4 is 34.8 Å². The molecule has 2 rings (SSSR count). The van der Waals surface area contributed by atoms with Gasteiger partial charge in [0.2, 0.25) is 0 Å². The summed E-state index contributed by atoms with van der Waals surface area (Å²) in [6.45, 7) is 3.97. The van der Waals surface area contributed by atoms with Gasteiger partial charge in [0.15, 0.2) is 12.6 Å². The van der Waals surface area contributed by atoms with Crippen molar-refractivity contribution in [2.45, 2.75) is 19.9 Å². The minimum Gasteiger partial charge on any atom is -0.321 e. The summed E-state index contributed by atoms with van der Waals surface area (Å²) in [5.74, 6) is -0.299. The highest BCUT2D eigenvalue weighted by Crippen LogP contribution is 2.14. The third-order valence-electron chi connectivity index (χ3n) is 4.00. The maximum absolute atomic E-state index is 12.3. The molecule has 0 aliphatic heterocycles. The minimum atomic E-state index is -0.386. The van der Waals surface area contributed by atoms with E-state index in [0.717, 1.165) is 16.2 Å². The van der Waals surface area contributed by atoms with Gasteiger partial charge in [0, 0.05) is 16.4 Å². The highest BCUT2D eigenvalue weighted by atomic mass is 35.5. The van der Waals surface area contributed by atoms with E-state index in [1.54, 1.807) is 31.2 Å². The number of carbonyl (C=O) groups excluding carboxylic acids is 2. The molecule has 2 atom stereocenters. The number of carbonyl (C=O) groups is 2. The Hall–Kier alpha value is -2.37. The molecule has 2 aromatic rings. The van der Waals surface area contributed by atoms with Crippen molar-refractivity contribution < 1.29 is 14.5 Å². The normalized spacial score (nSPS) is 13.0. The molecule has 0 radical (unpaired) electrons.